The number of carbonyl (C=O) groups excluding carboxylic acids is 2. The number of aliphatic hydroxyl groups excluding tert-OH is 1. The first kappa shape index (κ1) is 40.5. The molecule has 0 unspecified atom stereocenters. The number of fused-ring (bicyclic) bond motifs is 1. The number of aliphatic hydroxyl groups is 1. The second-order valence-corrected chi connectivity index (χ2v) is 14.9. The van der Waals surface area contributed by atoms with E-state index >= 15 is 0 Å². The normalized spacial score (nSPS) is 20.0. The molecule has 1 aliphatic rings. The van der Waals surface area contributed by atoms with Gasteiger partial charge in [-0.25, -0.2) is 17.6 Å². The Morgan fingerprint density at radius 2 is 1.65 bits per heavy atom. The van der Waals surface area contributed by atoms with Crippen molar-refractivity contribution in [2.24, 2.45) is 5.92 Å². The van der Waals surface area contributed by atoms with E-state index in [0.717, 1.165) is 40.7 Å². The molecule has 0 saturated carbocycles. The topological polar surface area (TPSA) is 138 Å². The number of amides is 3. The van der Waals surface area contributed by atoms with E-state index in [1.165, 1.54) is 42.3 Å². The summed E-state index contributed by atoms with van der Waals surface area (Å²) in [6.45, 7) is 5.18. The van der Waals surface area contributed by atoms with Gasteiger partial charge < -0.3 is 30.1 Å². The zero-order valence-electron chi connectivity index (χ0n) is 29.3. The van der Waals surface area contributed by atoms with E-state index < -0.39 is 64.2 Å². The van der Waals surface area contributed by atoms with Crippen LogP contribution in [-0.2, 0) is 20.9 Å². The number of benzene rings is 3. The van der Waals surface area contributed by atoms with Crippen LogP contribution in [0.25, 0.3) is 0 Å². The average molecular weight is 753 g/mol. The average Bonchev–Trinajstić information content (AvgIpc) is 3.09. The van der Waals surface area contributed by atoms with Crippen LogP contribution >= 0.6 is 0 Å². The first-order valence-corrected chi connectivity index (χ1v) is 18.2. The Labute approximate surface area is 300 Å². The van der Waals surface area contributed by atoms with Gasteiger partial charge in [-0.3, -0.25) is 4.79 Å². The number of anilines is 2. The number of sulfonamides is 1. The lowest BCUT2D eigenvalue weighted by Gasteiger charge is -2.35. The molecule has 3 amide bonds. The Kier molecular flexibility index (Phi) is 13.6. The Bertz CT molecular complexity index is 1780. The van der Waals surface area contributed by atoms with Gasteiger partial charge >= 0.3 is 12.2 Å². The fourth-order valence-corrected chi connectivity index (χ4v) is 6.82. The number of halogens is 4. The fraction of sp³-hybridized carbons (Fsp3) is 0.444. The van der Waals surface area contributed by atoms with Gasteiger partial charge in [-0.05, 0) is 99.8 Å². The third-order valence-electron chi connectivity index (χ3n) is 8.74. The molecule has 4 atom stereocenters. The Morgan fingerprint density at radius 1 is 1.02 bits per heavy atom. The second kappa shape index (κ2) is 17.5. The number of hydrogen-bond donors (Lipinski definition) is 3. The maximum absolute atomic E-state index is 14.3. The highest BCUT2D eigenvalue weighted by atomic mass is 32.2. The van der Waals surface area contributed by atoms with Gasteiger partial charge in [0, 0.05) is 44.0 Å². The summed E-state index contributed by atoms with van der Waals surface area (Å²) in [5.41, 5.74) is -0.486. The molecule has 52 heavy (non-hydrogen) atoms. The lowest BCUT2D eigenvalue weighted by atomic mass is 10.0. The van der Waals surface area contributed by atoms with Crippen LogP contribution in [0.15, 0.2) is 71.6 Å². The van der Waals surface area contributed by atoms with Crippen molar-refractivity contribution in [1.82, 2.24) is 9.21 Å². The number of carbonyl (C=O) groups is 2. The minimum absolute atomic E-state index is 0.0384. The van der Waals surface area contributed by atoms with Crippen molar-refractivity contribution in [2.45, 2.75) is 69.4 Å². The predicted octanol–water partition coefficient (Wildman–Crippen LogP) is 6.60. The SMILES string of the molecule is C[C@@H]1CN([C@@H](C)CO)C(=O)c2cc(NC(=O)Nc3ccc(C(F)(F)F)cc3)ccc2O[C@@H](C)CCCCO[C@@H]1CN(C)S(=O)(=O)c1ccc(F)cc1. The van der Waals surface area contributed by atoms with Crippen LogP contribution in [0.2, 0.25) is 0 Å². The lowest BCUT2D eigenvalue weighted by molar-refractivity contribution is -0.137. The number of rotatable bonds is 8. The molecule has 4 rings (SSSR count). The molecule has 0 radical (unpaired) electrons. The molecule has 0 bridgehead atoms. The number of hydrogen-bond acceptors (Lipinski definition) is 7. The van der Waals surface area contributed by atoms with Crippen LogP contribution in [-0.4, -0.2) is 86.3 Å². The van der Waals surface area contributed by atoms with Gasteiger partial charge in [0.1, 0.15) is 11.6 Å². The van der Waals surface area contributed by atoms with E-state index in [2.05, 4.69) is 10.6 Å². The summed E-state index contributed by atoms with van der Waals surface area (Å²) in [5.74, 6) is -1.32. The van der Waals surface area contributed by atoms with E-state index in [9.17, 15) is 40.7 Å². The molecular formula is C36H44F4N4O7S. The lowest BCUT2D eigenvalue weighted by Crippen LogP contribution is -2.48. The van der Waals surface area contributed by atoms with Gasteiger partial charge in [0.2, 0.25) is 10.0 Å². The number of nitrogens with one attached hydrogen (secondary N) is 2. The van der Waals surface area contributed by atoms with Crippen LogP contribution in [0.1, 0.15) is 56.0 Å². The molecule has 3 N–H and O–H groups in total. The quantitative estimate of drug-likeness (QED) is 0.221. The largest absolute Gasteiger partial charge is 0.490 e. The number of alkyl halides is 3. The number of ether oxygens (including phenoxy) is 2. The van der Waals surface area contributed by atoms with Crippen molar-refractivity contribution in [3.63, 3.8) is 0 Å². The smallest absolute Gasteiger partial charge is 0.416 e. The fourth-order valence-electron chi connectivity index (χ4n) is 5.64. The van der Waals surface area contributed by atoms with E-state index in [1.54, 1.807) is 6.92 Å². The summed E-state index contributed by atoms with van der Waals surface area (Å²) >= 11 is 0. The van der Waals surface area contributed by atoms with Crippen molar-refractivity contribution in [2.75, 3.05) is 44.0 Å². The highest BCUT2D eigenvalue weighted by Crippen LogP contribution is 2.31. The summed E-state index contributed by atoms with van der Waals surface area (Å²) in [5, 5.41) is 15.3. The third-order valence-corrected chi connectivity index (χ3v) is 10.6. The summed E-state index contributed by atoms with van der Waals surface area (Å²) in [4.78, 5) is 28.5. The van der Waals surface area contributed by atoms with Gasteiger partial charge in [0.05, 0.1) is 40.9 Å². The van der Waals surface area contributed by atoms with E-state index in [1.807, 2.05) is 13.8 Å². The molecule has 0 aromatic heterocycles. The first-order valence-electron chi connectivity index (χ1n) is 16.8. The van der Waals surface area contributed by atoms with Crippen molar-refractivity contribution in [3.05, 3.63) is 83.7 Å². The number of nitrogens with zero attached hydrogens (tertiary/aromatic N) is 2. The second-order valence-electron chi connectivity index (χ2n) is 12.9. The zero-order chi connectivity index (χ0) is 38.2. The first-order chi connectivity index (χ1) is 24.5. The molecule has 3 aromatic carbocycles. The molecule has 11 nitrogen and oxygen atoms in total. The Balaban J connectivity index is 1.60. The minimum Gasteiger partial charge on any atom is -0.490 e. The summed E-state index contributed by atoms with van der Waals surface area (Å²) in [6, 6.07) is 11.4. The van der Waals surface area contributed by atoms with Gasteiger partial charge in [-0.1, -0.05) is 6.92 Å². The highest BCUT2D eigenvalue weighted by molar-refractivity contribution is 7.89. The van der Waals surface area contributed by atoms with Crippen LogP contribution in [0.4, 0.5) is 33.7 Å². The maximum atomic E-state index is 14.3. The van der Waals surface area contributed by atoms with E-state index in [4.69, 9.17) is 9.47 Å². The molecule has 284 valence electrons. The van der Waals surface area contributed by atoms with Crippen molar-refractivity contribution in [3.8, 4) is 5.75 Å². The molecule has 16 heteroatoms. The monoisotopic (exact) mass is 752 g/mol. The van der Waals surface area contributed by atoms with Gasteiger partial charge in [-0.15, -0.1) is 0 Å². The highest BCUT2D eigenvalue weighted by Gasteiger charge is 2.33. The molecule has 0 saturated heterocycles. The molecule has 3 aromatic rings. The third kappa shape index (κ3) is 10.6. The van der Waals surface area contributed by atoms with E-state index in [0.29, 0.717) is 25.9 Å². The summed E-state index contributed by atoms with van der Waals surface area (Å²) < 4.78 is 92.6. The van der Waals surface area contributed by atoms with Crippen molar-refractivity contribution < 1.29 is 50.1 Å². The van der Waals surface area contributed by atoms with E-state index in [-0.39, 0.29) is 46.8 Å². The standard InChI is InChI=1S/C36H44F4N4O7S/c1-23-20-44(24(2)22-45)34(46)31-19-29(42-35(47)41-28-12-8-26(9-13-28)36(38,39)40)14-17-32(31)51-25(3)7-5-6-18-50-33(23)21-43(4)52(48,49)30-15-10-27(37)11-16-30/h8-17,19,23-25,33,45H,5-7,18,20-22H2,1-4H3,(H2,41,42,47)/t23-,24+,25+,33-/m1/s1. The van der Waals surface area contributed by atoms with Gasteiger partial charge in [-0.2, -0.15) is 17.5 Å². The molecule has 1 heterocycles. The molecule has 0 spiro atoms. The van der Waals surface area contributed by atoms with Crippen LogP contribution in [0.3, 0.4) is 0 Å². The summed E-state index contributed by atoms with van der Waals surface area (Å²) in [7, 11) is -2.61. The zero-order valence-corrected chi connectivity index (χ0v) is 30.1. The maximum Gasteiger partial charge on any atom is 0.416 e. The van der Waals surface area contributed by atoms with Gasteiger partial charge in [0.25, 0.3) is 5.91 Å². The Morgan fingerprint density at radius 3 is 2.29 bits per heavy atom. The van der Waals surface area contributed by atoms with Crippen LogP contribution < -0.4 is 15.4 Å². The molecule has 0 fully saturated rings. The van der Waals surface area contributed by atoms with Crippen molar-refractivity contribution in [1.29, 1.82) is 0 Å². The van der Waals surface area contributed by atoms with Crippen LogP contribution in [0, 0.1) is 11.7 Å². The summed E-state index contributed by atoms with van der Waals surface area (Å²) in [6.07, 6.45) is -3.60. The molecule has 0 aliphatic carbocycles. The Hall–Kier alpha value is -4.25. The number of likely N-dealkylation sites (N-methyl/N-ethyl adjacent to an activating group) is 1. The molecule has 1 aliphatic heterocycles. The predicted molar refractivity (Wildman–Crippen MR) is 187 cm³/mol. The van der Waals surface area contributed by atoms with Gasteiger partial charge in [0.15, 0.2) is 0 Å². The van der Waals surface area contributed by atoms with Crippen LogP contribution in [0.5, 0.6) is 5.75 Å². The number of urea groups is 1. The van der Waals surface area contributed by atoms with Crippen molar-refractivity contribution >= 4 is 33.3 Å². The minimum atomic E-state index is -4.53. The molecular weight excluding hydrogens is 708 g/mol.